The Kier molecular flexibility index (Phi) is 3.93. The summed E-state index contributed by atoms with van der Waals surface area (Å²) in [6.07, 6.45) is 2.55. The number of hydrogen-bond acceptors (Lipinski definition) is 2. The summed E-state index contributed by atoms with van der Waals surface area (Å²) >= 11 is 0. The van der Waals surface area contributed by atoms with Crippen LogP contribution in [0, 0.1) is 5.92 Å². The van der Waals surface area contributed by atoms with Crippen LogP contribution in [0.3, 0.4) is 0 Å². The number of nitrogens with zero attached hydrogens (tertiary/aromatic N) is 1. The monoisotopic (exact) mass is 198 g/mol. The molecule has 0 saturated carbocycles. The highest BCUT2D eigenvalue weighted by atomic mass is 16.2. The van der Waals surface area contributed by atoms with Crippen LogP contribution >= 0.6 is 0 Å². The standard InChI is InChI=1S/C11H22N2O/c1-8-6-10(3)13(7-8)11(14)5-4-9(2)12/h8-10H,4-7,12H2,1-3H3. The number of amides is 1. The Hall–Kier alpha value is -0.570. The molecule has 3 atom stereocenters. The van der Waals surface area contributed by atoms with Gasteiger partial charge in [0, 0.05) is 25.0 Å². The van der Waals surface area contributed by atoms with Gasteiger partial charge < -0.3 is 10.6 Å². The van der Waals surface area contributed by atoms with Crippen LogP contribution in [0.5, 0.6) is 0 Å². The molecule has 1 aliphatic rings. The van der Waals surface area contributed by atoms with Crippen LogP contribution in [0.25, 0.3) is 0 Å². The van der Waals surface area contributed by atoms with Gasteiger partial charge in [-0.3, -0.25) is 4.79 Å². The average Bonchev–Trinajstić information content (AvgIpc) is 2.41. The molecule has 0 aliphatic carbocycles. The molecule has 3 nitrogen and oxygen atoms in total. The van der Waals surface area contributed by atoms with Crippen LogP contribution in [0.2, 0.25) is 0 Å². The molecule has 0 aromatic rings. The number of carbonyl (C=O) groups excluding carboxylic acids is 1. The molecule has 3 heteroatoms. The van der Waals surface area contributed by atoms with E-state index in [4.69, 9.17) is 5.73 Å². The molecule has 2 N–H and O–H groups in total. The van der Waals surface area contributed by atoms with Gasteiger partial charge in [0.25, 0.3) is 0 Å². The number of rotatable bonds is 3. The van der Waals surface area contributed by atoms with Crippen molar-refractivity contribution in [2.24, 2.45) is 11.7 Å². The van der Waals surface area contributed by atoms with Gasteiger partial charge in [0.05, 0.1) is 0 Å². The molecule has 1 heterocycles. The van der Waals surface area contributed by atoms with Gasteiger partial charge in [0.15, 0.2) is 0 Å². The minimum atomic E-state index is 0.134. The molecule has 14 heavy (non-hydrogen) atoms. The van der Waals surface area contributed by atoms with E-state index in [9.17, 15) is 4.79 Å². The molecular weight excluding hydrogens is 176 g/mol. The first-order valence-corrected chi connectivity index (χ1v) is 5.55. The summed E-state index contributed by atoms with van der Waals surface area (Å²) in [5, 5.41) is 0. The Morgan fingerprint density at radius 1 is 1.57 bits per heavy atom. The van der Waals surface area contributed by atoms with E-state index >= 15 is 0 Å². The summed E-state index contributed by atoms with van der Waals surface area (Å²) in [7, 11) is 0. The van der Waals surface area contributed by atoms with Crippen LogP contribution in [-0.2, 0) is 4.79 Å². The van der Waals surface area contributed by atoms with E-state index < -0.39 is 0 Å². The molecule has 0 aromatic carbocycles. The second-order valence-electron chi connectivity index (χ2n) is 4.75. The fraction of sp³-hybridized carbons (Fsp3) is 0.909. The lowest BCUT2D eigenvalue weighted by Gasteiger charge is -2.21. The van der Waals surface area contributed by atoms with Gasteiger partial charge in [-0.1, -0.05) is 6.92 Å². The van der Waals surface area contributed by atoms with Gasteiger partial charge >= 0.3 is 0 Å². The number of nitrogens with two attached hydrogens (primary N) is 1. The van der Waals surface area contributed by atoms with Crippen molar-refractivity contribution >= 4 is 5.91 Å². The summed E-state index contributed by atoms with van der Waals surface area (Å²) in [6.45, 7) is 7.21. The molecule has 1 aliphatic heterocycles. The van der Waals surface area contributed by atoms with E-state index in [1.165, 1.54) is 0 Å². The first kappa shape index (κ1) is 11.5. The fourth-order valence-electron chi connectivity index (χ4n) is 2.14. The van der Waals surface area contributed by atoms with E-state index in [2.05, 4.69) is 13.8 Å². The molecule has 0 radical (unpaired) electrons. The van der Waals surface area contributed by atoms with Gasteiger partial charge in [0.1, 0.15) is 0 Å². The third-order valence-electron chi connectivity index (χ3n) is 2.92. The highest BCUT2D eigenvalue weighted by Crippen LogP contribution is 2.23. The molecule has 1 rings (SSSR count). The predicted molar refractivity (Wildman–Crippen MR) is 57.8 cm³/mol. The SMILES string of the molecule is CC(N)CCC(=O)N1CC(C)CC1C. The average molecular weight is 198 g/mol. The Morgan fingerprint density at radius 2 is 2.21 bits per heavy atom. The Labute approximate surface area is 86.6 Å². The molecule has 1 fully saturated rings. The Bertz CT molecular complexity index is 203. The lowest BCUT2D eigenvalue weighted by Crippen LogP contribution is -2.34. The van der Waals surface area contributed by atoms with Crippen LogP contribution < -0.4 is 5.73 Å². The quantitative estimate of drug-likeness (QED) is 0.744. The molecule has 0 aromatic heterocycles. The Morgan fingerprint density at radius 3 is 2.64 bits per heavy atom. The molecule has 0 spiro atoms. The van der Waals surface area contributed by atoms with Crippen molar-refractivity contribution in [2.75, 3.05) is 6.54 Å². The molecule has 1 saturated heterocycles. The van der Waals surface area contributed by atoms with Crippen molar-refractivity contribution in [3.8, 4) is 0 Å². The van der Waals surface area contributed by atoms with Gasteiger partial charge in [-0.05, 0) is 32.6 Å². The fourth-order valence-corrected chi connectivity index (χ4v) is 2.14. The predicted octanol–water partition coefficient (Wildman–Crippen LogP) is 1.37. The van der Waals surface area contributed by atoms with E-state index in [-0.39, 0.29) is 11.9 Å². The normalized spacial score (nSPS) is 29.3. The minimum absolute atomic E-state index is 0.134. The highest BCUT2D eigenvalue weighted by Gasteiger charge is 2.29. The zero-order valence-electron chi connectivity index (χ0n) is 9.49. The van der Waals surface area contributed by atoms with E-state index in [0.717, 1.165) is 19.4 Å². The highest BCUT2D eigenvalue weighted by molar-refractivity contribution is 5.76. The topological polar surface area (TPSA) is 46.3 Å². The molecule has 82 valence electrons. The van der Waals surface area contributed by atoms with E-state index in [1.54, 1.807) is 0 Å². The Balaban J connectivity index is 2.37. The van der Waals surface area contributed by atoms with Crippen LogP contribution in [0.1, 0.15) is 40.0 Å². The molecular formula is C11H22N2O. The van der Waals surface area contributed by atoms with Gasteiger partial charge in [0.2, 0.25) is 5.91 Å². The van der Waals surface area contributed by atoms with E-state index in [0.29, 0.717) is 18.4 Å². The van der Waals surface area contributed by atoms with Crippen molar-refractivity contribution in [1.82, 2.24) is 4.90 Å². The van der Waals surface area contributed by atoms with Gasteiger partial charge in [-0.15, -0.1) is 0 Å². The summed E-state index contributed by atoms with van der Waals surface area (Å²) in [5.41, 5.74) is 5.63. The number of carbonyl (C=O) groups is 1. The van der Waals surface area contributed by atoms with Crippen molar-refractivity contribution in [1.29, 1.82) is 0 Å². The smallest absolute Gasteiger partial charge is 0.222 e. The number of likely N-dealkylation sites (tertiary alicyclic amines) is 1. The van der Waals surface area contributed by atoms with Gasteiger partial charge in [-0.25, -0.2) is 0 Å². The first-order valence-electron chi connectivity index (χ1n) is 5.55. The summed E-state index contributed by atoms with van der Waals surface area (Å²) in [4.78, 5) is 13.8. The van der Waals surface area contributed by atoms with Gasteiger partial charge in [-0.2, -0.15) is 0 Å². The molecule has 3 unspecified atom stereocenters. The van der Waals surface area contributed by atoms with Crippen molar-refractivity contribution in [3.63, 3.8) is 0 Å². The second-order valence-corrected chi connectivity index (χ2v) is 4.75. The van der Waals surface area contributed by atoms with Crippen molar-refractivity contribution in [2.45, 2.75) is 52.1 Å². The lowest BCUT2D eigenvalue weighted by atomic mass is 10.1. The van der Waals surface area contributed by atoms with Crippen molar-refractivity contribution < 1.29 is 4.79 Å². The van der Waals surface area contributed by atoms with Crippen LogP contribution in [-0.4, -0.2) is 29.4 Å². The first-order chi connectivity index (χ1) is 6.50. The molecule has 0 bridgehead atoms. The minimum Gasteiger partial charge on any atom is -0.340 e. The van der Waals surface area contributed by atoms with Crippen LogP contribution in [0.15, 0.2) is 0 Å². The maximum Gasteiger partial charge on any atom is 0.222 e. The van der Waals surface area contributed by atoms with Crippen LogP contribution in [0.4, 0.5) is 0 Å². The summed E-state index contributed by atoms with van der Waals surface area (Å²) in [5.74, 6) is 0.934. The van der Waals surface area contributed by atoms with E-state index in [1.807, 2.05) is 11.8 Å². The summed E-state index contributed by atoms with van der Waals surface area (Å²) < 4.78 is 0. The maximum atomic E-state index is 11.8. The zero-order chi connectivity index (χ0) is 10.7. The third kappa shape index (κ3) is 2.98. The maximum absolute atomic E-state index is 11.8. The second kappa shape index (κ2) is 4.78. The largest absolute Gasteiger partial charge is 0.340 e. The zero-order valence-corrected chi connectivity index (χ0v) is 9.49. The molecule has 1 amide bonds. The summed E-state index contributed by atoms with van der Waals surface area (Å²) in [6, 6.07) is 0.555. The van der Waals surface area contributed by atoms with Crippen molar-refractivity contribution in [3.05, 3.63) is 0 Å². The lowest BCUT2D eigenvalue weighted by molar-refractivity contribution is -0.132. The third-order valence-corrected chi connectivity index (χ3v) is 2.92. The number of hydrogen-bond donors (Lipinski definition) is 1.